The van der Waals surface area contributed by atoms with Gasteiger partial charge in [0.1, 0.15) is 0 Å². The first kappa shape index (κ1) is 15.7. The van der Waals surface area contributed by atoms with E-state index in [2.05, 4.69) is 26.1 Å². The highest BCUT2D eigenvalue weighted by atomic mass is 16.4. The van der Waals surface area contributed by atoms with E-state index in [1.165, 1.54) is 25.3 Å². The minimum Gasteiger partial charge on any atom is -0.478 e. The van der Waals surface area contributed by atoms with Crippen molar-refractivity contribution < 1.29 is 9.90 Å². The zero-order valence-electron chi connectivity index (χ0n) is 13.1. The molecular weight excluding hydrogens is 264 g/mol. The van der Waals surface area contributed by atoms with Gasteiger partial charge in [-0.05, 0) is 54.7 Å². The number of nitrogens with two attached hydrogens (primary N) is 1. The highest BCUT2D eigenvalue weighted by Crippen LogP contribution is 2.41. The summed E-state index contributed by atoms with van der Waals surface area (Å²) in [6.07, 6.45) is 3.75. The fraction of sp³-hybridized carbons (Fsp3) is 0.588. The van der Waals surface area contributed by atoms with Gasteiger partial charge >= 0.3 is 5.97 Å². The molecule has 1 fully saturated rings. The molecule has 2 rings (SSSR count). The van der Waals surface area contributed by atoms with Crippen molar-refractivity contribution in [2.24, 2.45) is 17.3 Å². The molecule has 1 aliphatic carbocycles. The molecule has 1 aromatic carbocycles. The molecule has 0 aromatic heterocycles. The predicted octanol–water partition coefficient (Wildman–Crippen LogP) is 3.84. The molecule has 0 unspecified atom stereocenters. The van der Waals surface area contributed by atoms with Gasteiger partial charge in [0.05, 0.1) is 16.9 Å². The third kappa shape index (κ3) is 4.13. The average molecular weight is 290 g/mol. The van der Waals surface area contributed by atoms with Gasteiger partial charge in [0, 0.05) is 6.54 Å². The van der Waals surface area contributed by atoms with Crippen molar-refractivity contribution >= 4 is 17.3 Å². The highest BCUT2D eigenvalue weighted by Gasteiger charge is 2.31. The molecule has 4 heteroatoms. The Morgan fingerprint density at radius 2 is 2.14 bits per heavy atom. The van der Waals surface area contributed by atoms with Gasteiger partial charge in [-0.15, -0.1) is 0 Å². The molecule has 1 aromatic rings. The summed E-state index contributed by atoms with van der Waals surface area (Å²) >= 11 is 0. The molecule has 1 saturated carbocycles. The molecule has 0 radical (unpaired) electrons. The van der Waals surface area contributed by atoms with Crippen molar-refractivity contribution in [2.45, 2.75) is 40.0 Å². The van der Waals surface area contributed by atoms with Gasteiger partial charge in [0.25, 0.3) is 0 Å². The van der Waals surface area contributed by atoms with E-state index in [0.717, 1.165) is 18.2 Å². The summed E-state index contributed by atoms with van der Waals surface area (Å²) in [5, 5.41) is 12.3. The van der Waals surface area contributed by atoms with Gasteiger partial charge in [0.15, 0.2) is 0 Å². The lowest BCUT2D eigenvalue weighted by Crippen LogP contribution is -2.31. The third-order valence-electron chi connectivity index (χ3n) is 4.36. The Labute approximate surface area is 126 Å². The zero-order chi connectivity index (χ0) is 15.6. The number of carboxylic acids is 1. The minimum atomic E-state index is -0.948. The molecule has 4 nitrogen and oxygen atoms in total. The van der Waals surface area contributed by atoms with Gasteiger partial charge in [0.2, 0.25) is 0 Å². The van der Waals surface area contributed by atoms with Crippen LogP contribution in [0.1, 0.15) is 50.4 Å². The van der Waals surface area contributed by atoms with E-state index in [1.54, 1.807) is 12.1 Å². The highest BCUT2D eigenvalue weighted by molar-refractivity contribution is 5.90. The summed E-state index contributed by atoms with van der Waals surface area (Å²) in [5.41, 5.74) is 7.89. The summed E-state index contributed by atoms with van der Waals surface area (Å²) in [4.78, 5) is 10.9. The normalized spacial score (nSPS) is 24.5. The van der Waals surface area contributed by atoms with E-state index in [-0.39, 0.29) is 5.56 Å². The standard InChI is InChI=1S/C17H26N2O2/c1-11-6-12(9-17(2,3)8-11)10-19-15-5-4-13(16(20)21)7-14(15)18/h4-5,7,11-12,19H,6,8-10,18H2,1-3H3,(H,20,21)/t11-,12+/m1/s1. The van der Waals surface area contributed by atoms with Crippen LogP contribution in [0.15, 0.2) is 18.2 Å². The molecule has 0 bridgehead atoms. The van der Waals surface area contributed by atoms with Crippen molar-refractivity contribution in [1.82, 2.24) is 0 Å². The van der Waals surface area contributed by atoms with Crippen molar-refractivity contribution in [3.05, 3.63) is 23.8 Å². The quantitative estimate of drug-likeness (QED) is 0.736. The number of carbonyl (C=O) groups is 1. The molecule has 1 aliphatic rings. The lowest BCUT2D eigenvalue weighted by molar-refractivity contribution is 0.0697. The van der Waals surface area contributed by atoms with Crippen molar-refractivity contribution in [2.75, 3.05) is 17.6 Å². The zero-order valence-corrected chi connectivity index (χ0v) is 13.1. The second kappa shape index (κ2) is 5.96. The van der Waals surface area contributed by atoms with Crippen LogP contribution in [-0.4, -0.2) is 17.6 Å². The molecule has 0 amide bonds. The number of hydrogen-bond donors (Lipinski definition) is 3. The first-order chi connectivity index (χ1) is 9.77. The Bertz CT molecular complexity index is 526. The molecule has 0 saturated heterocycles. The third-order valence-corrected chi connectivity index (χ3v) is 4.36. The van der Waals surface area contributed by atoms with Gasteiger partial charge in [-0.3, -0.25) is 0 Å². The van der Waals surface area contributed by atoms with Crippen LogP contribution in [0, 0.1) is 17.3 Å². The molecule has 0 aliphatic heterocycles. The summed E-state index contributed by atoms with van der Waals surface area (Å²) in [5.74, 6) is 0.450. The van der Waals surface area contributed by atoms with Crippen LogP contribution >= 0.6 is 0 Å². The van der Waals surface area contributed by atoms with E-state index in [1.807, 2.05) is 0 Å². The number of nitrogens with one attached hydrogen (secondary N) is 1. The SMILES string of the molecule is C[C@@H]1C[C@H](CNc2ccc(C(=O)O)cc2N)CC(C)(C)C1. The molecule has 116 valence electrons. The van der Waals surface area contributed by atoms with Crippen molar-refractivity contribution in [3.8, 4) is 0 Å². The Morgan fingerprint density at radius 3 is 2.71 bits per heavy atom. The lowest BCUT2D eigenvalue weighted by atomic mass is 9.68. The maximum absolute atomic E-state index is 10.9. The Morgan fingerprint density at radius 1 is 1.43 bits per heavy atom. The Balaban J connectivity index is 1.98. The second-order valence-electron chi connectivity index (χ2n) is 7.27. The van der Waals surface area contributed by atoms with Crippen molar-refractivity contribution in [1.29, 1.82) is 0 Å². The fourth-order valence-corrected chi connectivity index (χ4v) is 3.81. The first-order valence-electron chi connectivity index (χ1n) is 7.63. The maximum atomic E-state index is 10.9. The lowest BCUT2D eigenvalue weighted by Gasteiger charge is -2.39. The number of rotatable bonds is 4. The maximum Gasteiger partial charge on any atom is 0.335 e. The number of anilines is 2. The van der Waals surface area contributed by atoms with Crippen molar-refractivity contribution in [3.63, 3.8) is 0 Å². The van der Waals surface area contributed by atoms with Crippen LogP contribution in [0.25, 0.3) is 0 Å². The summed E-state index contributed by atoms with van der Waals surface area (Å²) in [7, 11) is 0. The number of carboxylic acid groups (broad SMARTS) is 1. The topological polar surface area (TPSA) is 75.3 Å². The van der Waals surface area contributed by atoms with Gasteiger partial charge in [-0.2, -0.15) is 0 Å². The van der Waals surface area contributed by atoms with Gasteiger partial charge in [-0.25, -0.2) is 4.79 Å². The number of aromatic carboxylic acids is 1. The molecule has 4 N–H and O–H groups in total. The van der Waals surface area contributed by atoms with Gasteiger partial charge < -0.3 is 16.2 Å². The minimum absolute atomic E-state index is 0.227. The van der Waals surface area contributed by atoms with Crippen LogP contribution in [0.3, 0.4) is 0 Å². The molecule has 2 atom stereocenters. The first-order valence-corrected chi connectivity index (χ1v) is 7.63. The predicted molar refractivity (Wildman–Crippen MR) is 86.6 cm³/mol. The summed E-state index contributed by atoms with van der Waals surface area (Å²) in [6, 6.07) is 4.86. The summed E-state index contributed by atoms with van der Waals surface area (Å²) in [6.45, 7) is 7.89. The number of hydrogen-bond acceptors (Lipinski definition) is 3. The van der Waals surface area contributed by atoms with Crippen LogP contribution in [0.5, 0.6) is 0 Å². The van der Waals surface area contributed by atoms with Crippen LogP contribution < -0.4 is 11.1 Å². The van der Waals surface area contributed by atoms with E-state index in [9.17, 15) is 4.79 Å². The van der Waals surface area contributed by atoms with E-state index in [0.29, 0.717) is 17.0 Å². The van der Waals surface area contributed by atoms with E-state index in [4.69, 9.17) is 10.8 Å². The number of benzene rings is 1. The van der Waals surface area contributed by atoms with Crippen LogP contribution in [0.2, 0.25) is 0 Å². The van der Waals surface area contributed by atoms with Gasteiger partial charge in [-0.1, -0.05) is 20.8 Å². The molecule has 0 heterocycles. The van der Waals surface area contributed by atoms with E-state index >= 15 is 0 Å². The second-order valence-corrected chi connectivity index (χ2v) is 7.27. The van der Waals surface area contributed by atoms with E-state index < -0.39 is 5.97 Å². The fourth-order valence-electron chi connectivity index (χ4n) is 3.81. The monoisotopic (exact) mass is 290 g/mol. The molecule has 21 heavy (non-hydrogen) atoms. The molecular formula is C17H26N2O2. The largest absolute Gasteiger partial charge is 0.478 e. The van der Waals surface area contributed by atoms with Crippen LogP contribution in [0.4, 0.5) is 11.4 Å². The Hall–Kier alpha value is -1.71. The smallest absolute Gasteiger partial charge is 0.335 e. The number of nitrogen functional groups attached to an aromatic ring is 1. The van der Waals surface area contributed by atoms with Crippen LogP contribution in [-0.2, 0) is 0 Å². The average Bonchev–Trinajstić information content (AvgIpc) is 2.34. The molecule has 0 spiro atoms. The summed E-state index contributed by atoms with van der Waals surface area (Å²) < 4.78 is 0. The Kier molecular flexibility index (Phi) is 4.45.